The molecular weight excluding hydrogens is 350 g/mol. The van der Waals surface area contributed by atoms with E-state index in [9.17, 15) is 20.4 Å². The summed E-state index contributed by atoms with van der Waals surface area (Å²) in [6.45, 7) is 0.421. The molecule has 1 saturated heterocycles. The first kappa shape index (κ1) is 18.2. The topological polar surface area (TPSA) is 103 Å². The largest absolute Gasteiger partial charge is 0.462 e. The van der Waals surface area contributed by atoms with Crippen molar-refractivity contribution in [2.75, 3.05) is 18.1 Å². The number of hydrogen-bond donors (Lipinski definition) is 4. The van der Waals surface area contributed by atoms with Crippen LogP contribution in [-0.4, -0.2) is 64.3 Å². The second-order valence-electron chi connectivity index (χ2n) is 6.84. The number of ether oxygens (including phenoxy) is 2. The number of aliphatic hydroxyl groups excluding tert-OH is 4. The van der Waals surface area contributed by atoms with Gasteiger partial charge in [-0.1, -0.05) is 18.2 Å². The van der Waals surface area contributed by atoms with Crippen molar-refractivity contribution in [1.29, 1.82) is 0 Å². The lowest BCUT2D eigenvalue weighted by molar-refractivity contribution is -0.277. The summed E-state index contributed by atoms with van der Waals surface area (Å²) in [7, 11) is 0. The van der Waals surface area contributed by atoms with Crippen molar-refractivity contribution in [3.63, 3.8) is 0 Å². The maximum atomic E-state index is 10.1. The van der Waals surface area contributed by atoms with Gasteiger partial charge >= 0.3 is 0 Å². The Morgan fingerprint density at radius 1 is 0.963 bits per heavy atom. The van der Waals surface area contributed by atoms with Gasteiger partial charge < -0.3 is 34.8 Å². The summed E-state index contributed by atoms with van der Waals surface area (Å²) >= 11 is 0. The molecule has 4 unspecified atom stereocenters. The van der Waals surface area contributed by atoms with E-state index in [1.165, 1.54) is 11.3 Å². The Morgan fingerprint density at radius 2 is 1.70 bits per heavy atom. The van der Waals surface area contributed by atoms with Crippen molar-refractivity contribution in [3.05, 3.63) is 54.1 Å². The monoisotopic (exact) mass is 373 g/mol. The van der Waals surface area contributed by atoms with Gasteiger partial charge in [0.15, 0.2) is 0 Å². The third-order valence-corrected chi connectivity index (χ3v) is 5.14. The molecule has 0 radical (unpaired) electrons. The van der Waals surface area contributed by atoms with Crippen LogP contribution in [0.2, 0.25) is 0 Å². The first-order valence-corrected chi connectivity index (χ1v) is 9.01. The molecule has 4 rings (SSSR count). The van der Waals surface area contributed by atoms with E-state index in [4.69, 9.17) is 9.47 Å². The smallest absolute Gasteiger partial charge is 0.229 e. The zero-order chi connectivity index (χ0) is 19.0. The van der Waals surface area contributed by atoms with Crippen LogP contribution < -0.4 is 9.64 Å². The third-order valence-electron chi connectivity index (χ3n) is 5.14. The van der Waals surface area contributed by atoms with Crippen molar-refractivity contribution in [2.24, 2.45) is 0 Å². The fourth-order valence-corrected chi connectivity index (χ4v) is 3.61. The molecule has 1 fully saturated rings. The molecule has 0 aliphatic carbocycles. The van der Waals surface area contributed by atoms with Crippen LogP contribution in [0.1, 0.15) is 5.56 Å². The summed E-state index contributed by atoms with van der Waals surface area (Å²) in [6.07, 6.45) is -5.45. The van der Waals surface area contributed by atoms with E-state index in [1.807, 2.05) is 24.3 Å². The van der Waals surface area contributed by atoms with Gasteiger partial charge in [0, 0.05) is 17.9 Å². The molecule has 27 heavy (non-hydrogen) atoms. The van der Waals surface area contributed by atoms with E-state index >= 15 is 0 Å². The van der Waals surface area contributed by atoms with E-state index in [1.54, 1.807) is 12.1 Å². The van der Waals surface area contributed by atoms with Gasteiger partial charge in [-0.3, -0.25) is 0 Å². The highest BCUT2D eigenvalue weighted by atomic mass is 16.7. The SMILES string of the molecule is OCC1O[C@H](Oc2ccc(N3CCc4ccccc43)cc2)C(O)C(O)C1O. The Bertz CT molecular complexity index is 780. The van der Waals surface area contributed by atoms with Crippen LogP contribution in [0.5, 0.6) is 5.75 Å². The minimum atomic E-state index is -1.46. The first-order valence-electron chi connectivity index (χ1n) is 9.01. The summed E-state index contributed by atoms with van der Waals surface area (Å²) in [4.78, 5) is 2.23. The Balaban J connectivity index is 1.47. The molecule has 4 N–H and O–H groups in total. The number of benzene rings is 2. The molecule has 7 heteroatoms. The number of fused-ring (bicyclic) bond motifs is 1. The summed E-state index contributed by atoms with van der Waals surface area (Å²) in [5, 5.41) is 39.0. The van der Waals surface area contributed by atoms with Gasteiger partial charge in [-0.15, -0.1) is 0 Å². The predicted molar refractivity (Wildman–Crippen MR) is 98.0 cm³/mol. The lowest BCUT2D eigenvalue weighted by Crippen LogP contribution is -2.60. The quantitative estimate of drug-likeness (QED) is 0.621. The second kappa shape index (κ2) is 7.46. The molecule has 0 saturated carbocycles. The molecule has 2 aliphatic heterocycles. The fourth-order valence-electron chi connectivity index (χ4n) is 3.61. The summed E-state index contributed by atoms with van der Waals surface area (Å²) in [5.74, 6) is 0.454. The minimum Gasteiger partial charge on any atom is -0.462 e. The number of rotatable bonds is 4. The van der Waals surface area contributed by atoms with Gasteiger partial charge in [-0.05, 0) is 42.3 Å². The minimum absolute atomic E-state index is 0.454. The summed E-state index contributed by atoms with van der Waals surface area (Å²) in [5.41, 5.74) is 3.54. The second-order valence-corrected chi connectivity index (χ2v) is 6.84. The lowest BCUT2D eigenvalue weighted by atomic mass is 9.99. The predicted octanol–water partition coefficient (Wildman–Crippen LogP) is 0.559. The van der Waals surface area contributed by atoms with Gasteiger partial charge in [-0.25, -0.2) is 0 Å². The van der Waals surface area contributed by atoms with Gasteiger partial charge in [0.25, 0.3) is 0 Å². The Kier molecular flexibility index (Phi) is 5.03. The molecule has 5 atom stereocenters. The molecule has 2 aromatic rings. The van der Waals surface area contributed by atoms with Gasteiger partial charge in [-0.2, -0.15) is 0 Å². The summed E-state index contributed by atoms with van der Waals surface area (Å²) in [6, 6.07) is 15.7. The van der Waals surface area contributed by atoms with E-state index in [-0.39, 0.29) is 0 Å². The molecule has 0 aromatic heterocycles. The van der Waals surface area contributed by atoms with E-state index in [2.05, 4.69) is 17.0 Å². The molecule has 0 spiro atoms. The number of anilines is 2. The zero-order valence-electron chi connectivity index (χ0n) is 14.7. The molecule has 0 bridgehead atoms. The molecule has 7 nitrogen and oxygen atoms in total. The van der Waals surface area contributed by atoms with Crippen molar-refractivity contribution in [1.82, 2.24) is 0 Å². The third kappa shape index (κ3) is 3.40. The number of aliphatic hydroxyl groups is 4. The average molecular weight is 373 g/mol. The van der Waals surface area contributed by atoms with Crippen LogP contribution >= 0.6 is 0 Å². The maximum absolute atomic E-state index is 10.1. The highest BCUT2D eigenvalue weighted by molar-refractivity contribution is 5.70. The van der Waals surface area contributed by atoms with E-state index in [0.717, 1.165) is 18.7 Å². The normalized spacial score (nSPS) is 30.2. The molecule has 2 aliphatic rings. The fraction of sp³-hybridized carbons (Fsp3) is 0.400. The molecule has 144 valence electrons. The maximum Gasteiger partial charge on any atom is 0.229 e. The Labute approximate surface area is 157 Å². The number of hydrogen-bond acceptors (Lipinski definition) is 7. The van der Waals surface area contributed by atoms with Crippen LogP contribution in [-0.2, 0) is 11.2 Å². The van der Waals surface area contributed by atoms with Crippen molar-refractivity contribution >= 4 is 11.4 Å². The van der Waals surface area contributed by atoms with E-state index < -0.39 is 37.3 Å². The van der Waals surface area contributed by atoms with Gasteiger partial charge in [0.1, 0.15) is 30.2 Å². The van der Waals surface area contributed by atoms with Crippen LogP contribution in [0, 0.1) is 0 Å². The average Bonchev–Trinajstić information content (AvgIpc) is 3.13. The van der Waals surface area contributed by atoms with Crippen LogP contribution in [0.15, 0.2) is 48.5 Å². The van der Waals surface area contributed by atoms with Gasteiger partial charge in [0.05, 0.1) is 6.61 Å². The lowest BCUT2D eigenvalue weighted by Gasteiger charge is -2.39. The van der Waals surface area contributed by atoms with E-state index in [0.29, 0.717) is 5.75 Å². The van der Waals surface area contributed by atoms with Crippen molar-refractivity contribution in [3.8, 4) is 5.75 Å². The molecule has 0 amide bonds. The standard InChI is InChI=1S/C20H23NO6/c22-11-16-17(23)18(24)19(25)20(27-16)26-14-7-5-13(6-8-14)21-10-9-12-3-1-2-4-15(12)21/h1-8,16-20,22-25H,9-11H2/t16?,17?,18?,19?,20-/m0/s1. The molecule has 2 aromatic carbocycles. The van der Waals surface area contributed by atoms with Crippen LogP contribution in [0.3, 0.4) is 0 Å². The number of para-hydroxylation sites is 1. The molecule has 2 heterocycles. The van der Waals surface area contributed by atoms with Gasteiger partial charge in [0.2, 0.25) is 6.29 Å². The Morgan fingerprint density at radius 3 is 2.44 bits per heavy atom. The van der Waals surface area contributed by atoms with Crippen molar-refractivity contribution in [2.45, 2.75) is 37.1 Å². The zero-order valence-corrected chi connectivity index (χ0v) is 14.7. The summed E-state index contributed by atoms with van der Waals surface area (Å²) < 4.78 is 11.0. The highest BCUT2D eigenvalue weighted by Crippen LogP contribution is 2.35. The number of nitrogens with zero attached hydrogens (tertiary/aromatic N) is 1. The van der Waals surface area contributed by atoms with Crippen LogP contribution in [0.4, 0.5) is 11.4 Å². The molecular formula is C20H23NO6. The highest BCUT2D eigenvalue weighted by Gasteiger charge is 2.44. The van der Waals surface area contributed by atoms with Crippen LogP contribution in [0.25, 0.3) is 0 Å². The Hall–Kier alpha value is -2.16. The first-order chi connectivity index (χ1) is 13.1. The van der Waals surface area contributed by atoms with Crippen molar-refractivity contribution < 1.29 is 29.9 Å².